The Labute approximate surface area is 135 Å². The van der Waals surface area contributed by atoms with Gasteiger partial charge in [-0.15, -0.1) is 0 Å². The SMILES string of the molecule is CCOC(=O)CSc1nc2ccccc2nc1SCC(=O)O. The first kappa shape index (κ1) is 16.6. The third kappa shape index (κ3) is 4.60. The second-order valence-electron chi connectivity index (χ2n) is 4.10. The summed E-state index contributed by atoms with van der Waals surface area (Å²) in [4.78, 5) is 31.1. The lowest BCUT2D eigenvalue weighted by atomic mass is 10.3. The zero-order valence-corrected chi connectivity index (χ0v) is 13.4. The van der Waals surface area contributed by atoms with E-state index >= 15 is 0 Å². The van der Waals surface area contributed by atoms with Crippen LogP contribution in [0.15, 0.2) is 34.3 Å². The van der Waals surface area contributed by atoms with Gasteiger partial charge in [0.15, 0.2) is 0 Å². The Hall–Kier alpha value is -1.80. The quantitative estimate of drug-likeness (QED) is 0.608. The molecule has 6 nitrogen and oxygen atoms in total. The Morgan fingerprint density at radius 3 is 2.14 bits per heavy atom. The van der Waals surface area contributed by atoms with Gasteiger partial charge in [-0.3, -0.25) is 9.59 Å². The molecule has 1 aromatic heterocycles. The van der Waals surface area contributed by atoms with E-state index in [4.69, 9.17) is 9.84 Å². The smallest absolute Gasteiger partial charge is 0.316 e. The fourth-order valence-electron chi connectivity index (χ4n) is 1.62. The van der Waals surface area contributed by atoms with Gasteiger partial charge in [-0.05, 0) is 19.1 Å². The van der Waals surface area contributed by atoms with Crippen molar-refractivity contribution in [3.63, 3.8) is 0 Å². The zero-order valence-electron chi connectivity index (χ0n) is 11.8. The molecule has 0 spiro atoms. The summed E-state index contributed by atoms with van der Waals surface area (Å²) in [5.41, 5.74) is 1.39. The first-order valence-electron chi connectivity index (χ1n) is 6.50. The summed E-state index contributed by atoms with van der Waals surface area (Å²) in [5, 5.41) is 9.87. The minimum absolute atomic E-state index is 0.111. The number of carboxylic acid groups (broad SMARTS) is 1. The maximum atomic E-state index is 11.5. The van der Waals surface area contributed by atoms with E-state index in [1.165, 1.54) is 11.8 Å². The van der Waals surface area contributed by atoms with E-state index < -0.39 is 5.97 Å². The number of carboxylic acids is 1. The van der Waals surface area contributed by atoms with Crippen molar-refractivity contribution >= 4 is 46.5 Å². The molecule has 8 heteroatoms. The van der Waals surface area contributed by atoms with Gasteiger partial charge in [0, 0.05) is 0 Å². The standard InChI is InChI=1S/C14H14N2O4S2/c1-2-20-12(19)8-22-14-13(21-7-11(17)18)15-9-5-3-4-6-10(9)16-14/h3-6H,2,7-8H2,1H3,(H,17,18). The number of aliphatic carboxylic acids is 1. The number of thioether (sulfide) groups is 2. The molecule has 0 radical (unpaired) electrons. The van der Waals surface area contributed by atoms with Crippen molar-refractivity contribution in [1.29, 1.82) is 0 Å². The van der Waals surface area contributed by atoms with Crippen LogP contribution in [-0.4, -0.2) is 45.1 Å². The summed E-state index contributed by atoms with van der Waals surface area (Å²) in [7, 11) is 0. The number of esters is 1. The Balaban J connectivity index is 2.25. The minimum atomic E-state index is -0.929. The highest BCUT2D eigenvalue weighted by Gasteiger charge is 2.14. The number of aromatic nitrogens is 2. The van der Waals surface area contributed by atoms with Crippen molar-refractivity contribution in [2.75, 3.05) is 18.1 Å². The molecule has 0 amide bonds. The van der Waals surface area contributed by atoms with Gasteiger partial charge in [-0.2, -0.15) is 0 Å². The van der Waals surface area contributed by atoms with E-state index in [0.29, 0.717) is 27.7 Å². The highest BCUT2D eigenvalue weighted by Crippen LogP contribution is 2.29. The largest absolute Gasteiger partial charge is 0.481 e. The van der Waals surface area contributed by atoms with Gasteiger partial charge in [0.1, 0.15) is 10.1 Å². The highest BCUT2D eigenvalue weighted by molar-refractivity contribution is 8.02. The van der Waals surface area contributed by atoms with Crippen LogP contribution < -0.4 is 0 Å². The molecule has 1 N–H and O–H groups in total. The predicted molar refractivity (Wildman–Crippen MR) is 85.3 cm³/mol. The van der Waals surface area contributed by atoms with Crippen LogP contribution in [0.25, 0.3) is 11.0 Å². The van der Waals surface area contributed by atoms with Gasteiger partial charge in [0.05, 0.1) is 29.1 Å². The molecular formula is C14H14N2O4S2. The first-order chi connectivity index (χ1) is 10.6. The monoisotopic (exact) mass is 338 g/mol. The van der Waals surface area contributed by atoms with Crippen LogP contribution in [0.4, 0.5) is 0 Å². The van der Waals surface area contributed by atoms with Gasteiger partial charge in [-0.25, -0.2) is 9.97 Å². The number of hydrogen-bond donors (Lipinski definition) is 1. The maximum absolute atomic E-state index is 11.5. The van der Waals surface area contributed by atoms with Crippen molar-refractivity contribution in [2.45, 2.75) is 17.0 Å². The van der Waals surface area contributed by atoms with Gasteiger partial charge < -0.3 is 9.84 Å². The lowest BCUT2D eigenvalue weighted by Crippen LogP contribution is -2.07. The second-order valence-corrected chi connectivity index (χ2v) is 6.03. The zero-order chi connectivity index (χ0) is 15.9. The number of carbonyl (C=O) groups is 2. The molecule has 116 valence electrons. The van der Waals surface area contributed by atoms with Crippen LogP contribution in [-0.2, 0) is 14.3 Å². The lowest BCUT2D eigenvalue weighted by Gasteiger charge is -2.08. The fourth-order valence-corrected chi connectivity index (χ4v) is 3.23. The summed E-state index contributed by atoms with van der Waals surface area (Å²) >= 11 is 2.29. The molecule has 1 heterocycles. The van der Waals surface area contributed by atoms with Crippen molar-refractivity contribution in [2.24, 2.45) is 0 Å². The Morgan fingerprint density at radius 1 is 1.09 bits per heavy atom. The van der Waals surface area contributed by atoms with E-state index in [9.17, 15) is 9.59 Å². The lowest BCUT2D eigenvalue weighted by molar-refractivity contribution is -0.140. The van der Waals surface area contributed by atoms with E-state index in [0.717, 1.165) is 11.8 Å². The topological polar surface area (TPSA) is 89.4 Å². The number of fused-ring (bicyclic) bond motifs is 1. The molecule has 0 aliphatic rings. The van der Waals surface area contributed by atoms with Crippen molar-refractivity contribution in [3.05, 3.63) is 24.3 Å². The van der Waals surface area contributed by atoms with Gasteiger partial charge in [0.2, 0.25) is 0 Å². The number of para-hydroxylation sites is 2. The summed E-state index contributed by atoms with van der Waals surface area (Å²) in [6.07, 6.45) is 0. The highest BCUT2D eigenvalue weighted by atomic mass is 32.2. The summed E-state index contributed by atoms with van der Waals surface area (Å²) in [6, 6.07) is 7.32. The normalized spacial score (nSPS) is 10.6. The summed E-state index contributed by atoms with van der Waals surface area (Å²) in [5.74, 6) is -1.26. The minimum Gasteiger partial charge on any atom is -0.481 e. The number of hydrogen-bond acceptors (Lipinski definition) is 7. The molecule has 1 aromatic carbocycles. The fraction of sp³-hybridized carbons (Fsp3) is 0.286. The van der Waals surface area contributed by atoms with E-state index in [2.05, 4.69) is 9.97 Å². The summed E-state index contributed by atoms with van der Waals surface area (Å²) < 4.78 is 4.88. The number of carbonyl (C=O) groups excluding carboxylic acids is 1. The van der Waals surface area contributed by atoms with E-state index in [1.54, 1.807) is 6.92 Å². The molecular weight excluding hydrogens is 324 g/mol. The predicted octanol–water partition coefficient (Wildman–Crippen LogP) is 2.46. The first-order valence-corrected chi connectivity index (χ1v) is 8.47. The molecule has 0 saturated heterocycles. The number of benzene rings is 1. The van der Waals surface area contributed by atoms with Gasteiger partial charge in [-0.1, -0.05) is 35.7 Å². The second kappa shape index (κ2) is 8.00. The van der Waals surface area contributed by atoms with Crippen molar-refractivity contribution < 1.29 is 19.4 Å². The van der Waals surface area contributed by atoms with Gasteiger partial charge >= 0.3 is 11.9 Å². The molecule has 2 aromatic rings. The molecule has 22 heavy (non-hydrogen) atoms. The van der Waals surface area contributed by atoms with E-state index in [-0.39, 0.29) is 17.5 Å². The van der Waals surface area contributed by atoms with Crippen LogP contribution in [0.1, 0.15) is 6.92 Å². The number of nitrogens with zero attached hydrogens (tertiary/aromatic N) is 2. The van der Waals surface area contributed by atoms with Crippen LogP contribution in [0.5, 0.6) is 0 Å². The summed E-state index contributed by atoms with van der Waals surface area (Å²) in [6.45, 7) is 2.07. The Bertz CT molecular complexity index is 694. The van der Waals surface area contributed by atoms with Crippen molar-refractivity contribution in [1.82, 2.24) is 9.97 Å². The van der Waals surface area contributed by atoms with Crippen LogP contribution >= 0.6 is 23.5 Å². The van der Waals surface area contributed by atoms with Crippen LogP contribution in [0.3, 0.4) is 0 Å². The van der Waals surface area contributed by atoms with Crippen molar-refractivity contribution in [3.8, 4) is 0 Å². The molecule has 0 atom stereocenters. The molecule has 0 aliphatic carbocycles. The third-order valence-electron chi connectivity index (χ3n) is 2.47. The molecule has 0 bridgehead atoms. The van der Waals surface area contributed by atoms with Crippen LogP contribution in [0.2, 0.25) is 0 Å². The molecule has 0 fully saturated rings. The molecule has 2 rings (SSSR count). The number of rotatable bonds is 7. The van der Waals surface area contributed by atoms with E-state index in [1.807, 2.05) is 24.3 Å². The molecule has 0 aliphatic heterocycles. The Kier molecular flexibility index (Phi) is 6.02. The van der Waals surface area contributed by atoms with Gasteiger partial charge in [0.25, 0.3) is 0 Å². The number of ether oxygens (including phenoxy) is 1. The average molecular weight is 338 g/mol. The Morgan fingerprint density at radius 2 is 1.64 bits per heavy atom. The maximum Gasteiger partial charge on any atom is 0.316 e. The molecule has 0 saturated carbocycles. The third-order valence-corrected chi connectivity index (χ3v) is 4.49. The average Bonchev–Trinajstić information content (AvgIpc) is 2.50. The van der Waals surface area contributed by atoms with Crippen LogP contribution in [0, 0.1) is 0 Å². The molecule has 0 unspecified atom stereocenters.